The van der Waals surface area contributed by atoms with E-state index in [1.165, 1.54) is 0 Å². The van der Waals surface area contributed by atoms with Gasteiger partial charge in [-0.25, -0.2) is 4.79 Å². The van der Waals surface area contributed by atoms with E-state index >= 15 is 0 Å². The minimum Gasteiger partial charge on any atom is -0.450 e. The molecule has 13 heavy (non-hydrogen) atoms. The van der Waals surface area contributed by atoms with Crippen LogP contribution in [0.15, 0.2) is 0 Å². The van der Waals surface area contributed by atoms with Crippen molar-refractivity contribution >= 4 is 6.16 Å². The average molecular weight is 188 g/mol. The fourth-order valence-corrected chi connectivity index (χ4v) is 1.64. The van der Waals surface area contributed by atoms with Gasteiger partial charge in [0.1, 0.15) is 0 Å². The van der Waals surface area contributed by atoms with Gasteiger partial charge in [-0.05, 0) is 11.8 Å². The second-order valence-electron chi connectivity index (χ2n) is 3.43. The van der Waals surface area contributed by atoms with Gasteiger partial charge >= 0.3 is 6.16 Å². The third kappa shape index (κ3) is 4.15. The van der Waals surface area contributed by atoms with Crippen molar-refractivity contribution in [3.05, 3.63) is 0 Å². The van der Waals surface area contributed by atoms with Crippen molar-refractivity contribution in [2.75, 3.05) is 6.61 Å². The molecule has 0 amide bonds. The zero-order valence-corrected chi connectivity index (χ0v) is 8.80. The number of hydrogen-bond acceptors (Lipinski definition) is 2. The zero-order chi connectivity index (χ0) is 10.3. The Kier molecular flexibility index (Phi) is 5.51. The fraction of sp³-hybridized carbons (Fsp3) is 0.900. The Morgan fingerprint density at radius 1 is 1.23 bits per heavy atom. The largest absolute Gasteiger partial charge is 0.505 e. The van der Waals surface area contributed by atoms with Gasteiger partial charge in [-0.15, -0.1) is 0 Å². The molecular weight excluding hydrogens is 168 g/mol. The summed E-state index contributed by atoms with van der Waals surface area (Å²) in [4.78, 5) is 10.1. The van der Waals surface area contributed by atoms with Crippen LogP contribution in [-0.2, 0) is 4.74 Å². The standard InChI is InChI=1S/C10H20O3/c1-4-10(5-2,6-3)7-8-13-9(11)12/h4-8H2,1-3H3,(H,11,12). The van der Waals surface area contributed by atoms with Gasteiger partial charge in [0.2, 0.25) is 0 Å². The fourth-order valence-electron chi connectivity index (χ4n) is 1.64. The topological polar surface area (TPSA) is 46.5 Å². The summed E-state index contributed by atoms with van der Waals surface area (Å²) < 4.78 is 4.52. The smallest absolute Gasteiger partial charge is 0.450 e. The molecule has 0 bridgehead atoms. The molecule has 0 saturated carbocycles. The lowest BCUT2D eigenvalue weighted by Crippen LogP contribution is -2.20. The minimum absolute atomic E-state index is 0.273. The molecule has 3 heteroatoms. The molecule has 0 saturated heterocycles. The van der Waals surface area contributed by atoms with Gasteiger partial charge in [-0.1, -0.05) is 40.0 Å². The lowest BCUT2D eigenvalue weighted by Gasteiger charge is -2.29. The van der Waals surface area contributed by atoms with E-state index in [9.17, 15) is 4.79 Å². The van der Waals surface area contributed by atoms with Crippen LogP contribution in [0.4, 0.5) is 4.79 Å². The molecule has 3 nitrogen and oxygen atoms in total. The summed E-state index contributed by atoms with van der Waals surface area (Å²) in [6.45, 7) is 6.76. The first-order valence-corrected chi connectivity index (χ1v) is 4.96. The number of hydrogen-bond donors (Lipinski definition) is 1. The van der Waals surface area contributed by atoms with E-state index in [1.807, 2.05) is 0 Å². The molecule has 0 atom stereocenters. The Labute approximate surface area is 80.1 Å². The van der Waals surface area contributed by atoms with Crippen LogP contribution in [0.1, 0.15) is 46.5 Å². The van der Waals surface area contributed by atoms with Crippen LogP contribution in [0.5, 0.6) is 0 Å². The van der Waals surface area contributed by atoms with Crippen molar-refractivity contribution in [1.82, 2.24) is 0 Å². The van der Waals surface area contributed by atoms with Crippen LogP contribution in [0, 0.1) is 5.41 Å². The van der Waals surface area contributed by atoms with Crippen LogP contribution < -0.4 is 0 Å². The van der Waals surface area contributed by atoms with Gasteiger partial charge in [0.15, 0.2) is 0 Å². The molecule has 0 rings (SSSR count). The molecule has 0 aliphatic carbocycles. The summed E-state index contributed by atoms with van der Waals surface area (Å²) in [6.07, 6.45) is 2.93. The number of carbonyl (C=O) groups is 1. The SMILES string of the molecule is CCC(CC)(CC)CCOC(=O)O. The van der Waals surface area contributed by atoms with Crippen molar-refractivity contribution in [1.29, 1.82) is 0 Å². The Bertz CT molecular complexity index is 142. The van der Waals surface area contributed by atoms with Gasteiger partial charge in [0.05, 0.1) is 6.61 Å². The normalized spacial score (nSPS) is 11.3. The molecule has 1 N–H and O–H groups in total. The molecule has 78 valence electrons. The van der Waals surface area contributed by atoms with E-state index in [0.717, 1.165) is 25.7 Å². The summed E-state index contributed by atoms with van der Waals surface area (Å²) >= 11 is 0. The second kappa shape index (κ2) is 5.84. The summed E-state index contributed by atoms with van der Waals surface area (Å²) in [5.74, 6) is 0. The molecule has 0 radical (unpaired) electrons. The predicted molar refractivity (Wildman–Crippen MR) is 51.9 cm³/mol. The van der Waals surface area contributed by atoms with E-state index in [0.29, 0.717) is 6.61 Å². The van der Waals surface area contributed by atoms with Gasteiger partial charge in [0, 0.05) is 0 Å². The maximum absolute atomic E-state index is 10.1. The van der Waals surface area contributed by atoms with E-state index in [2.05, 4.69) is 25.5 Å². The highest BCUT2D eigenvalue weighted by molar-refractivity contribution is 5.56. The second-order valence-corrected chi connectivity index (χ2v) is 3.43. The molecule has 0 heterocycles. The van der Waals surface area contributed by atoms with Crippen LogP contribution >= 0.6 is 0 Å². The third-order valence-electron chi connectivity index (χ3n) is 3.11. The van der Waals surface area contributed by atoms with Crippen LogP contribution in [0.25, 0.3) is 0 Å². The molecule has 0 aliphatic rings. The maximum atomic E-state index is 10.1. The van der Waals surface area contributed by atoms with Crippen LogP contribution in [-0.4, -0.2) is 17.9 Å². The van der Waals surface area contributed by atoms with E-state index in [4.69, 9.17) is 5.11 Å². The highest BCUT2D eigenvalue weighted by Gasteiger charge is 2.23. The first-order valence-electron chi connectivity index (χ1n) is 4.96. The lowest BCUT2D eigenvalue weighted by atomic mass is 9.77. The molecule has 0 aromatic heterocycles. The molecule has 0 aliphatic heterocycles. The predicted octanol–water partition coefficient (Wildman–Crippen LogP) is 3.29. The Hall–Kier alpha value is -0.730. The minimum atomic E-state index is -1.17. The van der Waals surface area contributed by atoms with Crippen molar-refractivity contribution in [2.24, 2.45) is 5.41 Å². The van der Waals surface area contributed by atoms with E-state index in [1.54, 1.807) is 0 Å². The van der Waals surface area contributed by atoms with Crippen molar-refractivity contribution < 1.29 is 14.6 Å². The first kappa shape index (κ1) is 12.3. The first-order chi connectivity index (χ1) is 6.10. The average Bonchev–Trinajstić information content (AvgIpc) is 2.13. The number of ether oxygens (including phenoxy) is 1. The Morgan fingerprint density at radius 3 is 2.00 bits per heavy atom. The number of carboxylic acid groups (broad SMARTS) is 1. The van der Waals surface area contributed by atoms with Crippen molar-refractivity contribution in [2.45, 2.75) is 46.5 Å². The molecule has 0 fully saturated rings. The van der Waals surface area contributed by atoms with Gasteiger partial charge in [-0.3, -0.25) is 0 Å². The summed E-state index contributed by atoms with van der Waals surface area (Å²) in [7, 11) is 0. The summed E-state index contributed by atoms with van der Waals surface area (Å²) in [6, 6.07) is 0. The number of rotatable bonds is 6. The van der Waals surface area contributed by atoms with E-state index < -0.39 is 6.16 Å². The van der Waals surface area contributed by atoms with Crippen LogP contribution in [0.2, 0.25) is 0 Å². The van der Waals surface area contributed by atoms with Crippen LogP contribution in [0.3, 0.4) is 0 Å². The molecular formula is C10H20O3. The highest BCUT2D eigenvalue weighted by atomic mass is 16.7. The maximum Gasteiger partial charge on any atom is 0.505 e. The molecule has 0 aromatic rings. The zero-order valence-electron chi connectivity index (χ0n) is 8.80. The summed E-state index contributed by atoms with van der Waals surface area (Å²) in [5.41, 5.74) is 0.273. The third-order valence-corrected chi connectivity index (χ3v) is 3.11. The Morgan fingerprint density at radius 2 is 1.69 bits per heavy atom. The van der Waals surface area contributed by atoms with Gasteiger partial charge in [-0.2, -0.15) is 0 Å². The van der Waals surface area contributed by atoms with Gasteiger partial charge in [0.25, 0.3) is 0 Å². The van der Waals surface area contributed by atoms with Crippen molar-refractivity contribution in [3.8, 4) is 0 Å². The highest BCUT2D eigenvalue weighted by Crippen LogP contribution is 2.33. The van der Waals surface area contributed by atoms with Gasteiger partial charge < -0.3 is 9.84 Å². The molecule has 0 aromatic carbocycles. The lowest BCUT2D eigenvalue weighted by molar-refractivity contribution is 0.0722. The quantitative estimate of drug-likeness (QED) is 0.650. The Balaban J connectivity index is 3.88. The van der Waals surface area contributed by atoms with Crippen molar-refractivity contribution in [3.63, 3.8) is 0 Å². The monoisotopic (exact) mass is 188 g/mol. The molecule has 0 spiro atoms. The van der Waals surface area contributed by atoms with E-state index in [-0.39, 0.29) is 5.41 Å². The molecule has 0 unspecified atom stereocenters. The summed E-state index contributed by atoms with van der Waals surface area (Å²) in [5, 5.41) is 8.31.